The Morgan fingerprint density at radius 3 is 2.89 bits per heavy atom. The maximum Gasteiger partial charge on any atom is 0.178 e. The van der Waals surface area contributed by atoms with Gasteiger partial charge in [-0.2, -0.15) is 0 Å². The van der Waals surface area contributed by atoms with Crippen molar-refractivity contribution in [3.63, 3.8) is 0 Å². The molecule has 2 unspecified atom stereocenters. The van der Waals surface area contributed by atoms with E-state index in [9.17, 15) is 4.21 Å². The van der Waals surface area contributed by atoms with Gasteiger partial charge in [0.25, 0.3) is 0 Å². The lowest BCUT2D eigenvalue weighted by Crippen LogP contribution is -2.09. The number of aromatic amines is 1. The predicted molar refractivity (Wildman–Crippen MR) is 80.1 cm³/mol. The number of hydrogen-bond donors (Lipinski definition) is 1. The zero-order chi connectivity index (χ0) is 13.3. The standard InChI is InChI=1S/C13H18N2OS2/c1-9-5-4-6-11-12(9)14-13(17)15(11)10(2)7-8-18(3)16/h4-6,10H,7-8H2,1-3H3,(H,14,17). The summed E-state index contributed by atoms with van der Waals surface area (Å²) in [5.41, 5.74) is 3.44. The van der Waals surface area contributed by atoms with Crippen molar-refractivity contribution in [2.75, 3.05) is 12.0 Å². The number of nitrogens with zero attached hydrogens (tertiary/aromatic N) is 1. The number of benzene rings is 1. The Hall–Kier alpha value is -0.940. The Morgan fingerprint density at radius 2 is 2.22 bits per heavy atom. The summed E-state index contributed by atoms with van der Waals surface area (Å²) in [6.45, 7) is 4.20. The number of imidazole rings is 1. The van der Waals surface area contributed by atoms with E-state index in [0.717, 1.165) is 22.2 Å². The van der Waals surface area contributed by atoms with Crippen molar-refractivity contribution in [1.82, 2.24) is 9.55 Å². The molecule has 0 saturated carbocycles. The lowest BCUT2D eigenvalue weighted by Gasteiger charge is -2.13. The Balaban J connectivity index is 2.44. The van der Waals surface area contributed by atoms with Gasteiger partial charge >= 0.3 is 0 Å². The summed E-state index contributed by atoms with van der Waals surface area (Å²) in [6, 6.07) is 6.45. The van der Waals surface area contributed by atoms with Gasteiger partial charge in [-0.25, -0.2) is 0 Å². The van der Waals surface area contributed by atoms with Crippen LogP contribution in [0.1, 0.15) is 24.9 Å². The van der Waals surface area contributed by atoms with Crippen molar-refractivity contribution in [2.45, 2.75) is 26.3 Å². The molecule has 0 aliphatic rings. The fourth-order valence-corrected chi connectivity index (χ4v) is 3.25. The SMILES string of the molecule is Cc1cccc2c1[nH]c(=S)n2C(C)CCS(C)=O. The molecule has 98 valence electrons. The Kier molecular flexibility index (Phi) is 4.02. The monoisotopic (exact) mass is 282 g/mol. The van der Waals surface area contributed by atoms with E-state index >= 15 is 0 Å². The lowest BCUT2D eigenvalue weighted by molar-refractivity contribution is 0.539. The van der Waals surface area contributed by atoms with E-state index in [1.807, 2.05) is 6.07 Å². The number of aryl methyl sites for hydroxylation is 1. The zero-order valence-electron chi connectivity index (χ0n) is 10.9. The van der Waals surface area contributed by atoms with Crippen LogP contribution in [0.4, 0.5) is 0 Å². The number of para-hydroxylation sites is 1. The molecule has 0 spiro atoms. The molecule has 0 amide bonds. The summed E-state index contributed by atoms with van der Waals surface area (Å²) >= 11 is 5.40. The third-order valence-electron chi connectivity index (χ3n) is 3.22. The van der Waals surface area contributed by atoms with Crippen LogP contribution in [0.2, 0.25) is 0 Å². The van der Waals surface area contributed by atoms with E-state index in [-0.39, 0.29) is 6.04 Å². The lowest BCUT2D eigenvalue weighted by atomic mass is 10.2. The second-order valence-electron chi connectivity index (χ2n) is 4.68. The highest BCUT2D eigenvalue weighted by atomic mass is 32.2. The van der Waals surface area contributed by atoms with Crippen LogP contribution in [-0.2, 0) is 10.8 Å². The average molecular weight is 282 g/mol. The third-order valence-corrected chi connectivity index (χ3v) is 4.33. The highest BCUT2D eigenvalue weighted by molar-refractivity contribution is 7.84. The van der Waals surface area contributed by atoms with Gasteiger partial charge in [-0.15, -0.1) is 0 Å². The minimum atomic E-state index is -0.750. The van der Waals surface area contributed by atoms with Gasteiger partial charge in [0.15, 0.2) is 4.77 Å². The molecule has 1 aromatic heterocycles. The summed E-state index contributed by atoms with van der Waals surface area (Å²) in [6.07, 6.45) is 2.61. The largest absolute Gasteiger partial charge is 0.330 e. The summed E-state index contributed by atoms with van der Waals surface area (Å²) in [5, 5.41) is 0. The van der Waals surface area contributed by atoms with Crippen LogP contribution in [-0.4, -0.2) is 25.8 Å². The zero-order valence-corrected chi connectivity index (χ0v) is 12.5. The molecule has 0 aliphatic heterocycles. The van der Waals surface area contributed by atoms with Crippen LogP contribution in [0.15, 0.2) is 18.2 Å². The van der Waals surface area contributed by atoms with Crippen LogP contribution in [0.3, 0.4) is 0 Å². The van der Waals surface area contributed by atoms with E-state index < -0.39 is 10.8 Å². The van der Waals surface area contributed by atoms with E-state index in [1.54, 1.807) is 6.26 Å². The van der Waals surface area contributed by atoms with Crippen molar-refractivity contribution in [2.24, 2.45) is 0 Å². The smallest absolute Gasteiger partial charge is 0.178 e. The molecule has 0 bridgehead atoms. The fourth-order valence-electron chi connectivity index (χ4n) is 2.20. The van der Waals surface area contributed by atoms with Crippen molar-refractivity contribution < 1.29 is 4.21 Å². The molecular weight excluding hydrogens is 264 g/mol. The average Bonchev–Trinajstić information content (AvgIpc) is 2.64. The summed E-state index contributed by atoms with van der Waals surface area (Å²) in [5.74, 6) is 0.710. The summed E-state index contributed by atoms with van der Waals surface area (Å²) in [7, 11) is -0.750. The van der Waals surface area contributed by atoms with Crippen molar-refractivity contribution >= 4 is 34.1 Å². The van der Waals surface area contributed by atoms with Crippen LogP contribution >= 0.6 is 12.2 Å². The first kappa shape index (κ1) is 13.5. The van der Waals surface area contributed by atoms with E-state index in [0.29, 0.717) is 5.75 Å². The predicted octanol–water partition coefficient (Wildman–Crippen LogP) is 3.34. The van der Waals surface area contributed by atoms with Gasteiger partial charge in [-0.3, -0.25) is 4.21 Å². The fraction of sp³-hybridized carbons (Fsp3) is 0.462. The molecule has 18 heavy (non-hydrogen) atoms. The molecule has 2 aromatic rings. The van der Waals surface area contributed by atoms with Crippen LogP contribution < -0.4 is 0 Å². The van der Waals surface area contributed by atoms with Crippen LogP contribution in [0.5, 0.6) is 0 Å². The highest BCUT2D eigenvalue weighted by Gasteiger charge is 2.12. The normalized spacial score (nSPS) is 14.8. The molecule has 3 nitrogen and oxygen atoms in total. The Morgan fingerprint density at radius 1 is 1.50 bits per heavy atom. The first-order valence-electron chi connectivity index (χ1n) is 6.00. The van der Waals surface area contributed by atoms with E-state index in [1.165, 1.54) is 5.56 Å². The molecule has 0 saturated heterocycles. The van der Waals surface area contributed by atoms with Gasteiger partial charge in [0.1, 0.15) is 0 Å². The maximum absolute atomic E-state index is 11.2. The number of nitrogens with one attached hydrogen (secondary N) is 1. The first-order valence-corrected chi connectivity index (χ1v) is 8.14. The minimum Gasteiger partial charge on any atom is -0.330 e. The van der Waals surface area contributed by atoms with Gasteiger partial charge in [0.2, 0.25) is 0 Å². The second-order valence-corrected chi connectivity index (χ2v) is 6.63. The van der Waals surface area contributed by atoms with Crippen LogP contribution in [0.25, 0.3) is 11.0 Å². The molecule has 5 heteroatoms. The quantitative estimate of drug-likeness (QED) is 0.873. The number of H-pyrrole nitrogens is 1. The maximum atomic E-state index is 11.2. The molecule has 0 fully saturated rings. The number of hydrogen-bond acceptors (Lipinski definition) is 2. The molecule has 1 aromatic carbocycles. The van der Waals surface area contributed by atoms with Gasteiger partial charge < -0.3 is 9.55 Å². The summed E-state index contributed by atoms with van der Waals surface area (Å²) < 4.78 is 14.1. The summed E-state index contributed by atoms with van der Waals surface area (Å²) in [4.78, 5) is 3.27. The molecular formula is C13H18N2OS2. The highest BCUT2D eigenvalue weighted by Crippen LogP contribution is 2.23. The molecule has 0 aliphatic carbocycles. The number of rotatable bonds is 4. The molecule has 1 heterocycles. The van der Waals surface area contributed by atoms with E-state index in [4.69, 9.17) is 12.2 Å². The number of aromatic nitrogens is 2. The van der Waals surface area contributed by atoms with Gasteiger partial charge in [0.05, 0.1) is 11.0 Å². The Bertz CT molecular complexity index is 642. The molecule has 0 radical (unpaired) electrons. The first-order chi connectivity index (χ1) is 8.50. The Labute approximate surface area is 115 Å². The molecule has 2 atom stereocenters. The second kappa shape index (κ2) is 5.36. The van der Waals surface area contributed by atoms with Gasteiger partial charge in [-0.1, -0.05) is 12.1 Å². The molecule has 2 rings (SSSR count). The van der Waals surface area contributed by atoms with Crippen molar-refractivity contribution in [3.05, 3.63) is 28.5 Å². The van der Waals surface area contributed by atoms with Crippen molar-refractivity contribution in [3.8, 4) is 0 Å². The number of fused-ring (bicyclic) bond motifs is 1. The van der Waals surface area contributed by atoms with E-state index in [2.05, 4.69) is 35.5 Å². The minimum absolute atomic E-state index is 0.261. The topological polar surface area (TPSA) is 37.8 Å². The third kappa shape index (κ3) is 2.57. The van der Waals surface area contributed by atoms with Crippen molar-refractivity contribution in [1.29, 1.82) is 0 Å². The van der Waals surface area contributed by atoms with Gasteiger partial charge in [0, 0.05) is 28.9 Å². The van der Waals surface area contributed by atoms with Crippen LogP contribution in [0, 0.1) is 11.7 Å². The van der Waals surface area contributed by atoms with Gasteiger partial charge in [-0.05, 0) is 44.1 Å². The molecule has 1 N–H and O–H groups in total.